The Hall–Kier alpha value is -4.33. The van der Waals surface area contributed by atoms with Crippen LogP contribution in [0.1, 0.15) is 22.8 Å². The normalized spacial score (nSPS) is 10.7. The van der Waals surface area contributed by atoms with Crippen molar-refractivity contribution in [1.29, 1.82) is 0 Å². The van der Waals surface area contributed by atoms with Crippen LogP contribution in [0.5, 0.6) is 17.2 Å². The number of methoxy groups -OCH3 is 1. The summed E-state index contributed by atoms with van der Waals surface area (Å²) >= 11 is 0. The second kappa shape index (κ2) is 10.8. The Morgan fingerprint density at radius 1 is 1.12 bits per heavy atom. The number of carbonyl (C=O) groups is 2. The first-order valence-corrected chi connectivity index (χ1v) is 10.1. The number of nitrogens with one attached hydrogen (secondary N) is 1. The zero-order valence-corrected chi connectivity index (χ0v) is 18.3. The maximum Gasteiger partial charge on any atom is 0.349 e. The third kappa shape index (κ3) is 5.88. The van der Waals surface area contributed by atoms with Crippen LogP contribution in [-0.2, 0) is 4.79 Å². The second-order valence-electron chi connectivity index (χ2n) is 6.74. The molecule has 33 heavy (non-hydrogen) atoms. The van der Waals surface area contributed by atoms with Crippen LogP contribution >= 0.6 is 0 Å². The number of rotatable bonds is 9. The van der Waals surface area contributed by atoms with Crippen molar-refractivity contribution < 1.29 is 28.2 Å². The fourth-order valence-corrected chi connectivity index (χ4v) is 2.95. The number of hydrogen-bond donors (Lipinski definition) is 1. The molecule has 0 atom stereocenters. The Bertz CT molecular complexity index is 1270. The lowest BCUT2D eigenvalue weighted by Crippen LogP contribution is -2.28. The summed E-state index contributed by atoms with van der Waals surface area (Å²) in [6.45, 7) is 6.12. The molecule has 1 N–H and O–H groups in total. The van der Waals surface area contributed by atoms with Crippen LogP contribution in [0.3, 0.4) is 0 Å². The number of fused-ring (bicyclic) bond motifs is 1. The molecule has 0 saturated carbocycles. The predicted molar refractivity (Wildman–Crippen MR) is 124 cm³/mol. The van der Waals surface area contributed by atoms with Gasteiger partial charge in [0.05, 0.1) is 13.7 Å². The minimum atomic E-state index is -0.795. The zero-order chi connectivity index (χ0) is 23.8. The lowest BCUT2D eigenvalue weighted by Gasteiger charge is -2.09. The maximum atomic E-state index is 12.2. The first kappa shape index (κ1) is 23.3. The Morgan fingerprint density at radius 2 is 1.94 bits per heavy atom. The minimum Gasteiger partial charge on any atom is -0.493 e. The van der Waals surface area contributed by atoms with E-state index in [0.717, 1.165) is 5.56 Å². The Morgan fingerprint density at radius 3 is 2.67 bits per heavy atom. The topological polar surface area (TPSA) is 104 Å². The quantitative estimate of drug-likeness (QED) is 0.174. The van der Waals surface area contributed by atoms with Gasteiger partial charge in [-0.2, -0.15) is 0 Å². The molecule has 0 unspecified atom stereocenters. The van der Waals surface area contributed by atoms with Crippen molar-refractivity contribution in [2.45, 2.75) is 6.92 Å². The number of amides is 1. The highest BCUT2D eigenvalue weighted by molar-refractivity contribution is 5.97. The molecule has 0 saturated heterocycles. The predicted octanol–water partition coefficient (Wildman–Crippen LogP) is 3.73. The van der Waals surface area contributed by atoms with Crippen molar-refractivity contribution in [2.24, 2.45) is 0 Å². The molecule has 170 valence electrons. The van der Waals surface area contributed by atoms with E-state index in [9.17, 15) is 14.4 Å². The summed E-state index contributed by atoms with van der Waals surface area (Å²) in [5.41, 5.74) is -0.00971. The Labute approximate surface area is 190 Å². The van der Waals surface area contributed by atoms with Gasteiger partial charge in [-0.1, -0.05) is 12.1 Å². The molecule has 0 spiro atoms. The average Bonchev–Trinajstić information content (AvgIpc) is 2.81. The van der Waals surface area contributed by atoms with Gasteiger partial charge < -0.3 is 23.9 Å². The summed E-state index contributed by atoms with van der Waals surface area (Å²) in [6, 6.07) is 11.2. The molecule has 1 aromatic heterocycles. The van der Waals surface area contributed by atoms with Gasteiger partial charge in [0.2, 0.25) is 0 Å². The fraction of sp³-hybridized carbons (Fsp3) is 0.160. The highest BCUT2D eigenvalue weighted by atomic mass is 16.5. The van der Waals surface area contributed by atoms with Gasteiger partial charge in [-0.15, -0.1) is 6.58 Å². The van der Waals surface area contributed by atoms with E-state index in [4.69, 9.17) is 18.6 Å². The lowest BCUT2D eigenvalue weighted by atomic mass is 10.1. The smallest absolute Gasteiger partial charge is 0.349 e. The minimum absolute atomic E-state index is 0.122. The highest BCUT2D eigenvalue weighted by Crippen LogP contribution is 2.28. The largest absolute Gasteiger partial charge is 0.493 e. The van der Waals surface area contributed by atoms with Crippen molar-refractivity contribution in [3.63, 3.8) is 0 Å². The first-order chi connectivity index (χ1) is 15.9. The van der Waals surface area contributed by atoms with Crippen molar-refractivity contribution in [1.82, 2.24) is 5.32 Å². The molecular formula is C25H23NO7. The van der Waals surface area contributed by atoms with Crippen molar-refractivity contribution >= 4 is 28.9 Å². The van der Waals surface area contributed by atoms with E-state index in [1.54, 1.807) is 36.4 Å². The van der Waals surface area contributed by atoms with Crippen LogP contribution in [0, 0.1) is 0 Å². The number of esters is 1. The van der Waals surface area contributed by atoms with Gasteiger partial charge in [-0.05, 0) is 48.9 Å². The van der Waals surface area contributed by atoms with Gasteiger partial charge in [-0.25, -0.2) is 9.59 Å². The molecule has 0 aliphatic heterocycles. The summed E-state index contributed by atoms with van der Waals surface area (Å²) in [7, 11) is 1.54. The molecule has 0 fully saturated rings. The first-order valence-electron chi connectivity index (χ1n) is 10.1. The molecule has 1 amide bonds. The van der Waals surface area contributed by atoms with Crippen LogP contribution in [0.2, 0.25) is 0 Å². The van der Waals surface area contributed by atoms with Gasteiger partial charge in [0.1, 0.15) is 16.9 Å². The zero-order valence-electron chi connectivity index (χ0n) is 18.3. The molecular weight excluding hydrogens is 426 g/mol. The number of benzene rings is 2. The number of carbonyl (C=O) groups excluding carboxylic acids is 2. The summed E-state index contributed by atoms with van der Waals surface area (Å²) < 4.78 is 21.3. The van der Waals surface area contributed by atoms with Gasteiger partial charge in [0.25, 0.3) is 5.91 Å². The maximum absolute atomic E-state index is 12.2. The van der Waals surface area contributed by atoms with Crippen LogP contribution in [-0.4, -0.2) is 32.1 Å². The van der Waals surface area contributed by atoms with Crippen molar-refractivity contribution in [3.05, 3.63) is 82.7 Å². The van der Waals surface area contributed by atoms with Crippen molar-refractivity contribution in [3.8, 4) is 17.2 Å². The van der Waals surface area contributed by atoms with Crippen LogP contribution < -0.4 is 25.2 Å². The third-order valence-corrected chi connectivity index (χ3v) is 4.48. The highest BCUT2D eigenvalue weighted by Gasteiger charge is 2.14. The molecule has 3 aromatic rings. The SMILES string of the molecule is C=CCNC(=O)c1cc2ccc(OC(=O)/C=C/c3ccc(OCC)c(OC)c3)cc2oc1=O. The van der Waals surface area contributed by atoms with Gasteiger partial charge in [0.15, 0.2) is 11.5 Å². The fourth-order valence-electron chi connectivity index (χ4n) is 2.95. The third-order valence-electron chi connectivity index (χ3n) is 4.48. The van der Waals surface area contributed by atoms with E-state index >= 15 is 0 Å². The Balaban J connectivity index is 1.73. The van der Waals surface area contributed by atoms with Gasteiger partial charge >= 0.3 is 11.6 Å². The number of ether oxygens (including phenoxy) is 3. The van der Waals surface area contributed by atoms with Gasteiger partial charge in [0, 0.05) is 24.1 Å². The molecule has 0 radical (unpaired) electrons. The molecule has 8 heteroatoms. The Kier molecular flexibility index (Phi) is 7.64. The lowest BCUT2D eigenvalue weighted by molar-refractivity contribution is -0.128. The van der Waals surface area contributed by atoms with E-state index in [2.05, 4.69) is 11.9 Å². The molecule has 0 bridgehead atoms. The molecule has 0 aliphatic rings. The van der Waals surface area contributed by atoms with E-state index in [0.29, 0.717) is 23.5 Å². The number of hydrogen-bond acceptors (Lipinski definition) is 7. The second-order valence-corrected chi connectivity index (χ2v) is 6.74. The summed E-state index contributed by atoms with van der Waals surface area (Å²) in [5.74, 6) is 0.170. The summed E-state index contributed by atoms with van der Waals surface area (Å²) in [5, 5.41) is 3.04. The molecule has 1 heterocycles. The molecule has 0 aliphatic carbocycles. The van der Waals surface area contributed by atoms with E-state index in [1.165, 1.54) is 31.4 Å². The average molecular weight is 449 g/mol. The van der Waals surface area contributed by atoms with E-state index in [-0.39, 0.29) is 23.4 Å². The van der Waals surface area contributed by atoms with E-state index < -0.39 is 17.5 Å². The van der Waals surface area contributed by atoms with Gasteiger partial charge in [-0.3, -0.25) is 4.79 Å². The summed E-state index contributed by atoms with van der Waals surface area (Å²) in [4.78, 5) is 36.4. The molecule has 2 aromatic carbocycles. The molecule has 3 rings (SSSR count). The van der Waals surface area contributed by atoms with Crippen LogP contribution in [0.25, 0.3) is 17.0 Å². The monoisotopic (exact) mass is 449 g/mol. The molecule has 8 nitrogen and oxygen atoms in total. The standard InChI is InChI=1S/C25H23NO7/c1-4-12-26-24(28)19-14-17-8-9-18(15-21(17)33-25(19)29)32-23(27)11-7-16-6-10-20(31-5-2)22(13-16)30-3/h4,6-11,13-15H,1,5,12H2,2-3H3,(H,26,28)/b11-7+. The van der Waals surface area contributed by atoms with E-state index in [1.807, 2.05) is 6.92 Å². The van der Waals surface area contributed by atoms with Crippen molar-refractivity contribution in [2.75, 3.05) is 20.3 Å². The van der Waals surface area contributed by atoms with Crippen LogP contribution in [0.15, 0.2) is 70.4 Å². The summed E-state index contributed by atoms with van der Waals surface area (Å²) in [6.07, 6.45) is 4.35. The van der Waals surface area contributed by atoms with Crippen LogP contribution in [0.4, 0.5) is 0 Å².